The molecule has 3 rings (SSSR count). The zero-order valence-electron chi connectivity index (χ0n) is 11.6. The van der Waals surface area contributed by atoms with Crippen LogP contribution in [-0.4, -0.2) is 16.3 Å². The Labute approximate surface area is 125 Å². The molecule has 0 saturated heterocycles. The lowest BCUT2D eigenvalue weighted by Gasteiger charge is -2.08. The van der Waals surface area contributed by atoms with Gasteiger partial charge in [-0.1, -0.05) is 47.6 Å². The van der Waals surface area contributed by atoms with Crippen LogP contribution in [0.1, 0.15) is 0 Å². The summed E-state index contributed by atoms with van der Waals surface area (Å²) in [7, 11) is 0. The van der Waals surface area contributed by atoms with Gasteiger partial charge in [0.05, 0.1) is 6.54 Å². The van der Waals surface area contributed by atoms with Crippen molar-refractivity contribution >= 4 is 0 Å². The first kappa shape index (κ1) is 14.1. The lowest BCUT2D eigenvalue weighted by molar-refractivity contribution is 0.278. The molecule has 0 aliphatic carbocycles. The Balaban J connectivity index is 1.75. The number of nitrogens with zero attached hydrogens (tertiary/aromatic N) is 2. The van der Waals surface area contributed by atoms with Crippen molar-refractivity contribution < 1.29 is 13.7 Å². The molecule has 1 heterocycles. The molecule has 0 saturated carbocycles. The molecule has 0 bridgehead atoms. The van der Waals surface area contributed by atoms with Gasteiger partial charge in [0.25, 0.3) is 0 Å². The summed E-state index contributed by atoms with van der Waals surface area (Å²) in [4.78, 5) is 11.7. The van der Waals surface area contributed by atoms with Gasteiger partial charge in [0.1, 0.15) is 6.61 Å². The lowest BCUT2D eigenvalue weighted by atomic mass is 10.2. The highest BCUT2D eigenvalue weighted by Crippen LogP contribution is 2.17. The monoisotopic (exact) mass is 300 g/mol. The Kier molecular flexibility index (Phi) is 4.00. The molecule has 0 spiro atoms. The Morgan fingerprint density at radius 3 is 2.59 bits per heavy atom. The minimum Gasteiger partial charge on any atom is -0.489 e. The topological polar surface area (TPSA) is 57.3 Å². The third-order valence-corrected chi connectivity index (χ3v) is 3.13. The average molecular weight is 300 g/mol. The maximum absolute atomic E-state index is 13.5. The second-order valence-corrected chi connectivity index (χ2v) is 4.57. The molecule has 0 aliphatic heterocycles. The summed E-state index contributed by atoms with van der Waals surface area (Å²) < 4.78 is 24.9. The van der Waals surface area contributed by atoms with E-state index in [1.54, 1.807) is 12.1 Å². The Hall–Kier alpha value is -2.89. The molecule has 5 nitrogen and oxygen atoms in total. The van der Waals surface area contributed by atoms with Crippen molar-refractivity contribution in [2.75, 3.05) is 6.61 Å². The van der Waals surface area contributed by atoms with Crippen LogP contribution in [0.5, 0.6) is 5.75 Å². The van der Waals surface area contributed by atoms with Gasteiger partial charge in [-0.15, -0.1) is 0 Å². The van der Waals surface area contributed by atoms with E-state index >= 15 is 0 Å². The van der Waals surface area contributed by atoms with Crippen LogP contribution >= 0.6 is 0 Å². The van der Waals surface area contributed by atoms with E-state index in [0.717, 1.165) is 5.56 Å². The van der Waals surface area contributed by atoms with Crippen LogP contribution < -0.4 is 10.5 Å². The second-order valence-electron chi connectivity index (χ2n) is 4.57. The van der Waals surface area contributed by atoms with Gasteiger partial charge in [0.15, 0.2) is 17.4 Å². The maximum atomic E-state index is 13.5. The first-order valence-electron chi connectivity index (χ1n) is 6.75. The number of hydrogen-bond acceptors (Lipinski definition) is 4. The van der Waals surface area contributed by atoms with Crippen molar-refractivity contribution in [2.45, 2.75) is 6.54 Å². The van der Waals surface area contributed by atoms with Crippen LogP contribution in [0.2, 0.25) is 0 Å². The summed E-state index contributed by atoms with van der Waals surface area (Å²) in [5, 5.41) is 3.78. The molecule has 22 heavy (non-hydrogen) atoms. The molecule has 0 aliphatic rings. The van der Waals surface area contributed by atoms with Gasteiger partial charge in [-0.05, 0) is 12.1 Å². The third kappa shape index (κ3) is 2.90. The number of benzene rings is 2. The van der Waals surface area contributed by atoms with Crippen molar-refractivity contribution in [1.29, 1.82) is 0 Å². The summed E-state index contributed by atoms with van der Waals surface area (Å²) in [5.41, 5.74) is 0.763. The zero-order valence-corrected chi connectivity index (χ0v) is 11.6. The Morgan fingerprint density at radius 1 is 1.09 bits per heavy atom. The number of rotatable bonds is 5. The molecule has 1 aromatic heterocycles. The number of ether oxygens (including phenoxy) is 1. The minimum atomic E-state index is -0.573. The summed E-state index contributed by atoms with van der Waals surface area (Å²) in [5.74, 6) is -0.449. The molecule has 0 fully saturated rings. The Bertz CT molecular complexity index is 812. The van der Waals surface area contributed by atoms with Crippen LogP contribution in [0, 0.1) is 5.82 Å². The molecule has 112 valence electrons. The standard InChI is InChI=1S/C16H13FN2O3/c17-13-8-4-5-9-14(13)21-11-10-19-15(18-22-16(19)20)12-6-2-1-3-7-12/h1-9H,10-11H2. The second kappa shape index (κ2) is 6.26. The van der Waals surface area contributed by atoms with E-state index in [2.05, 4.69) is 5.16 Å². The first-order chi connectivity index (χ1) is 10.8. The van der Waals surface area contributed by atoms with E-state index in [1.165, 1.54) is 16.7 Å². The highest BCUT2D eigenvalue weighted by atomic mass is 19.1. The molecule has 0 atom stereocenters. The van der Waals surface area contributed by atoms with E-state index in [0.29, 0.717) is 5.82 Å². The largest absolute Gasteiger partial charge is 0.489 e. The van der Waals surface area contributed by atoms with Crippen molar-refractivity contribution in [3.8, 4) is 17.1 Å². The Morgan fingerprint density at radius 2 is 1.82 bits per heavy atom. The van der Waals surface area contributed by atoms with E-state index in [4.69, 9.17) is 9.26 Å². The van der Waals surface area contributed by atoms with Crippen molar-refractivity contribution in [3.05, 3.63) is 71.0 Å². The quantitative estimate of drug-likeness (QED) is 0.727. The van der Waals surface area contributed by atoms with E-state index in [-0.39, 0.29) is 18.9 Å². The molecule has 2 aromatic carbocycles. The zero-order chi connectivity index (χ0) is 15.4. The number of hydrogen-bond donors (Lipinski definition) is 0. The number of para-hydroxylation sites is 1. The lowest BCUT2D eigenvalue weighted by Crippen LogP contribution is -2.20. The molecule has 3 aromatic rings. The normalized spacial score (nSPS) is 10.6. The van der Waals surface area contributed by atoms with Gasteiger partial charge in [-0.3, -0.25) is 9.09 Å². The summed E-state index contributed by atoms with van der Waals surface area (Å²) >= 11 is 0. The highest BCUT2D eigenvalue weighted by molar-refractivity contribution is 5.54. The van der Waals surface area contributed by atoms with Crippen molar-refractivity contribution in [1.82, 2.24) is 9.72 Å². The van der Waals surface area contributed by atoms with Gasteiger partial charge >= 0.3 is 5.76 Å². The van der Waals surface area contributed by atoms with Gasteiger partial charge < -0.3 is 4.74 Å². The predicted octanol–water partition coefficient (Wildman–Crippen LogP) is 2.72. The molecule has 0 unspecified atom stereocenters. The average Bonchev–Trinajstić information content (AvgIpc) is 2.91. The summed E-state index contributed by atoms with van der Waals surface area (Å²) in [6.07, 6.45) is 0. The van der Waals surface area contributed by atoms with Gasteiger partial charge in [0.2, 0.25) is 0 Å². The summed E-state index contributed by atoms with van der Waals surface area (Å²) in [6.45, 7) is 0.336. The molecular formula is C16H13FN2O3. The first-order valence-corrected chi connectivity index (χ1v) is 6.75. The van der Waals surface area contributed by atoms with E-state index < -0.39 is 11.6 Å². The predicted molar refractivity (Wildman–Crippen MR) is 78.1 cm³/mol. The van der Waals surface area contributed by atoms with Gasteiger partial charge in [-0.25, -0.2) is 9.18 Å². The fraction of sp³-hybridized carbons (Fsp3) is 0.125. The molecule has 0 amide bonds. The molecular weight excluding hydrogens is 287 g/mol. The molecule has 0 N–H and O–H groups in total. The molecule has 0 radical (unpaired) electrons. The van der Waals surface area contributed by atoms with Crippen molar-refractivity contribution in [2.24, 2.45) is 0 Å². The highest BCUT2D eigenvalue weighted by Gasteiger charge is 2.12. The van der Waals surface area contributed by atoms with Crippen LogP contribution in [0.4, 0.5) is 4.39 Å². The van der Waals surface area contributed by atoms with E-state index in [1.807, 2.05) is 30.3 Å². The van der Waals surface area contributed by atoms with Crippen LogP contribution in [0.25, 0.3) is 11.4 Å². The number of halogens is 1. The SMILES string of the molecule is O=c1onc(-c2ccccc2)n1CCOc1ccccc1F. The minimum absolute atomic E-state index is 0.127. The van der Waals surface area contributed by atoms with E-state index in [9.17, 15) is 9.18 Å². The number of aromatic nitrogens is 2. The maximum Gasteiger partial charge on any atom is 0.441 e. The summed E-state index contributed by atoms with van der Waals surface area (Å²) in [6, 6.07) is 15.3. The van der Waals surface area contributed by atoms with Crippen LogP contribution in [0.3, 0.4) is 0 Å². The smallest absolute Gasteiger partial charge is 0.441 e. The molecule has 6 heteroatoms. The van der Waals surface area contributed by atoms with Gasteiger partial charge in [-0.2, -0.15) is 0 Å². The fourth-order valence-electron chi connectivity index (χ4n) is 2.07. The third-order valence-electron chi connectivity index (χ3n) is 3.13. The fourth-order valence-corrected chi connectivity index (χ4v) is 2.07. The van der Waals surface area contributed by atoms with Crippen molar-refractivity contribution in [3.63, 3.8) is 0 Å². The van der Waals surface area contributed by atoms with Crippen LogP contribution in [0.15, 0.2) is 63.9 Å². The van der Waals surface area contributed by atoms with Gasteiger partial charge in [0, 0.05) is 5.56 Å². The van der Waals surface area contributed by atoms with Crippen LogP contribution in [-0.2, 0) is 6.54 Å².